The van der Waals surface area contributed by atoms with E-state index in [-0.39, 0.29) is 0 Å². The van der Waals surface area contributed by atoms with Gasteiger partial charge in [0.2, 0.25) is 0 Å². The Morgan fingerprint density at radius 3 is 1.36 bits per heavy atom. The molecule has 0 amide bonds. The van der Waals surface area contributed by atoms with Crippen molar-refractivity contribution in [2.24, 2.45) is 0 Å². The van der Waals surface area contributed by atoms with Crippen LogP contribution in [0.2, 0.25) is 0 Å². The summed E-state index contributed by atoms with van der Waals surface area (Å²) in [4.78, 5) is 0. The molecule has 0 fully saturated rings. The van der Waals surface area contributed by atoms with Crippen LogP contribution < -0.4 is 6.54 Å². The van der Waals surface area contributed by atoms with Crippen LogP contribution in [0.5, 0.6) is 0 Å². The Hall–Kier alpha value is 0.323. The second kappa shape index (κ2) is 5.42. The first-order valence-corrected chi connectivity index (χ1v) is 19.5. The summed E-state index contributed by atoms with van der Waals surface area (Å²) in [5.74, 6) is 0. The van der Waals surface area contributed by atoms with Gasteiger partial charge in [0.15, 0.2) is 0 Å². The predicted octanol–water partition coefficient (Wildman–Crippen LogP) is 0.961. The van der Waals surface area contributed by atoms with Crippen LogP contribution in [0.4, 0.5) is 0 Å². The van der Waals surface area contributed by atoms with E-state index in [9.17, 15) is 0 Å². The molecular formula is C12H10BiNa. The number of hydrogen-bond donors (Lipinski definition) is 0. The minimum absolute atomic E-state index is 1.37. The van der Waals surface area contributed by atoms with Gasteiger partial charge in [-0.2, -0.15) is 0 Å². The molecule has 0 bridgehead atoms. The molecule has 0 heterocycles. The number of rotatable bonds is 2. The zero-order chi connectivity index (χ0) is 9.80. The van der Waals surface area contributed by atoms with Gasteiger partial charge in [0.1, 0.15) is 0 Å². The van der Waals surface area contributed by atoms with Gasteiger partial charge in [0.25, 0.3) is 0 Å². The second-order valence-electron chi connectivity index (χ2n) is 3.23. The quantitative estimate of drug-likeness (QED) is 0.675. The van der Waals surface area contributed by atoms with E-state index in [2.05, 4.69) is 60.7 Å². The number of benzene rings is 2. The fourth-order valence-electron chi connectivity index (χ4n) is 1.45. The van der Waals surface area contributed by atoms with Gasteiger partial charge in [0, 0.05) is 0 Å². The fourth-order valence-corrected chi connectivity index (χ4v) is 12.7. The molecule has 0 aliphatic heterocycles. The maximum atomic E-state index is 2.30. The van der Waals surface area contributed by atoms with E-state index in [1.165, 1.54) is 22.8 Å². The zero-order valence-electron chi connectivity index (χ0n) is 8.22. The summed E-state index contributed by atoms with van der Waals surface area (Å²) in [6.07, 6.45) is 0. The van der Waals surface area contributed by atoms with Crippen molar-refractivity contribution in [3.63, 3.8) is 0 Å². The molecule has 0 atom stereocenters. The molecule has 0 saturated heterocycles. The van der Waals surface area contributed by atoms with Crippen LogP contribution in [0.3, 0.4) is 0 Å². The molecule has 2 aromatic rings. The molecule has 2 rings (SSSR count). The second-order valence-corrected chi connectivity index (χ2v) is 19.4. The standard InChI is InChI=1S/2C6H5.Bi.Na/c2*1-2-4-6-5-3-1;;/h2*1-5H;;. The molecule has 0 aromatic heterocycles. The van der Waals surface area contributed by atoms with Crippen LogP contribution in [0, 0.1) is 0 Å². The Morgan fingerprint density at radius 2 is 1.00 bits per heavy atom. The van der Waals surface area contributed by atoms with Crippen LogP contribution >= 0.6 is 0 Å². The minimum atomic E-state index is -1.43. The van der Waals surface area contributed by atoms with E-state index >= 15 is 0 Å². The van der Waals surface area contributed by atoms with Gasteiger partial charge in [-0.15, -0.1) is 0 Å². The molecule has 0 spiro atoms. The molecule has 0 aliphatic carbocycles. The predicted molar refractivity (Wildman–Crippen MR) is 63.7 cm³/mol. The maximum absolute atomic E-state index is 2.30. The third kappa shape index (κ3) is 2.67. The van der Waals surface area contributed by atoms with Crippen LogP contribution in [0.25, 0.3) is 0 Å². The Balaban J connectivity index is 2.30. The van der Waals surface area contributed by atoms with Crippen molar-refractivity contribution in [3.05, 3.63) is 60.7 Å². The van der Waals surface area contributed by atoms with E-state index < -0.39 is 16.0 Å². The molecule has 0 N–H and O–H groups in total. The molecule has 0 radical (unpaired) electrons. The molecule has 0 aliphatic rings. The van der Waals surface area contributed by atoms with Crippen molar-refractivity contribution < 1.29 is 0 Å². The van der Waals surface area contributed by atoms with Gasteiger partial charge < -0.3 is 0 Å². The first kappa shape index (κ1) is 10.8. The molecular weight excluding hydrogens is 376 g/mol. The molecule has 14 heavy (non-hydrogen) atoms. The van der Waals surface area contributed by atoms with Gasteiger partial charge in [-0.3, -0.25) is 0 Å². The summed E-state index contributed by atoms with van der Waals surface area (Å²) in [5, 5.41) is 0. The summed E-state index contributed by atoms with van der Waals surface area (Å²) >= 11 is -0.0665. The average Bonchev–Trinajstić information content (AvgIpc) is 2.30. The molecule has 0 saturated carbocycles. The summed E-state index contributed by atoms with van der Waals surface area (Å²) < 4.78 is 3.28. The SMILES string of the molecule is [Na][Bi]([c]1ccccc1)[c]1ccccc1. The van der Waals surface area contributed by atoms with E-state index in [0.29, 0.717) is 0 Å². The summed E-state index contributed by atoms with van der Waals surface area (Å²) in [6.45, 7) is 0. The van der Waals surface area contributed by atoms with Crippen LogP contribution in [-0.4, -0.2) is 38.8 Å². The van der Waals surface area contributed by atoms with Crippen molar-refractivity contribution in [1.82, 2.24) is 0 Å². The average molecular weight is 386 g/mol. The van der Waals surface area contributed by atoms with Gasteiger partial charge in [-0.25, -0.2) is 0 Å². The van der Waals surface area contributed by atoms with Gasteiger partial charge in [-0.1, -0.05) is 0 Å². The fraction of sp³-hybridized carbons (Fsp3) is 0. The zero-order valence-corrected chi connectivity index (χ0v) is 13.7. The van der Waals surface area contributed by atoms with Crippen molar-refractivity contribution in [2.75, 3.05) is 0 Å². The molecule has 2 aromatic carbocycles. The third-order valence-corrected chi connectivity index (χ3v) is 19.7. The molecule has 2 heteroatoms. The van der Waals surface area contributed by atoms with Gasteiger partial charge in [-0.05, 0) is 0 Å². The molecule has 64 valence electrons. The van der Waals surface area contributed by atoms with Crippen LogP contribution in [0.1, 0.15) is 0 Å². The van der Waals surface area contributed by atoms with Crippen molar-refractivity contribution in [1.29, 1.82) is 0 Å². The van der Waals surface area contributed by atoms with Gasteiger partial charge >= 0.3 is 106 Å². The van der Waals surface area contributed by atoms with E-state index in [0.717, 1.165) is 0 Å². The third-order valence-electron chi connectivity index (χ3n) is 2.29. The van der Waals surface area contributed by atoms with Crippen LogP contribution in [-0.2, 0) is 0 Å². The topological polar surface area (TPSA) is 0 Å². The molecule has 0 unspecified atom stereocenters. The normalized spacial score (nSPS) is 10.5. The first-order valence-electron chi connectivity index (χ1n) is 4.72. The van der Waals surface area contributed by atoms with Crippen molar-refractivity contribution in [2.45, 2.75) is 0 Å². The summed E-state index contributed by atoms with van der Waals surface area (Å²) in [5.41, 5.74) is 0. The Bertz CT molecular complexity index is 346. The first-order chi connectivity index (χ1) is 6.88. The van der Waals surface area contributed by atoms with Gasteiger partial charge in [0.05, 0.1) is 0 Å². The summed E-state index contributed by atoms with van der Waals surface area (Å²) in [6, 6.07) is 22.1. The summed E-state index contributed by atoms with van der Waals surface area (Å²) in [7, 11) is 0. The van der Waals surface area contributed by atoms with E-state index in [4.69, 9.17) is 0 Å². The van der Waals surface area contributed by atoms with Crippen LogP contribution in [0.15, 0.2) is 60.7 Å². The Kier molecular flexibility index (Phi) is 4.19. The van der Waals surface area contributed by atoms with E-state index in [1.807, 2.05) is 0 Å². The Morgan fingerprint density at radius 1 is 0.643 bits per heavy atom. The number of hydrogen-bond acceptors (Lipinski definition) is 0. The van der Waals surface area contributed by atoms with Crippen molar-refractivity contribution in [3.8, 4) is 0 Å². The van der Waals surface area contributed by atoms with Crippen molar-refractivity contribution >= 4 is 45.4 Å². The Labute approximate surface area is 105 Å². The molecule has 0 nitrogen and oxygen atoms in total. The van der Waals surface area contributed by atoms with E-state index in [1.54, 1.807) is 6.54 Å². The monoisotopic (exact) mass is 386 g/mol.